The Kier molecular flexibility index (Phi) is 5.85. The van der Waals surface area contributed by atoms with Gasteiger partial charge in [0.2, 0.25) is 0 Å². The Bertz CT molecular complexity index is 630. The van der Waals surface area contributed by atoms with Gasteiger partial charge in [-0.1, -0.05) is 22.0 Å². The molecule has 0 unspecified atom stereocenters. The van der Waals surface area contributed by atoms with Crippen LogP contribution >= 0.6 is 15.9 Å². The molecule has 1 aromatic heterocycles. The summed E-state index contributed by atoms with van der Waals surface area (Å²) in [6.45, 7) is 1.69. The van der Waals surface area contributed by atoms with Crippen LogP contribution in [0.2, 0.25) is 0 Å². The molecule has 0 saturated carbocycles. The Labute approximate surface area is 138 Å². The Morgan fingerprint density at radius 2 is 1.91 bits per heavy atom. The fourth-order valence-corrected chi connectivity index (χ4v) is 2.12. The number of halogens is 1. The summed E-state index contributed by atoms with van der Waals surface area (Å²) in [4.78, 5) is 14.2. The maximum Gasteiger partial charge on any atom is 0.256 e. The first-order valence-corrected chi connectivity index (χ1v) is 7.63. The van der Waals surface area contributed by atoms with Crippen molar-refractivity contribution in [3.05, 3.63) is 46.4 Å². The zero-order chi connectivity index (χ0) is 15.9. The van der Waals surface area contributed by atoms with Crippen molar-refractivity contribution in [1.82, 2.24) is 15.1 Å². The normalized spacial score (nSPS) is 10.5. The average Bonchev–Trinajstić information content (AvgIpc) is 2.48. The second-order valence-corrected chi connectivity index (χ2v) is 5.91. The van der Waals surface area contributed by atoms with Crippen LogP contribution in [0.1, 0.15) is 10.4 Å². The number of nitrogens with zero attached hydrogens (tertiary/aromatic N) is 3. The van der Waals surface area contributed by atoms with Gasteiger partial charge in [0.05, 0.1) is 0 Å². The van der Waals surface area contributed by atoms with Gasteiger partial charge in [-0.15, -0.1) is 10.2 Å². The molecule has 2 rings (SSSR count). The molecule has 1 amide bonds. The van der Waals surface area contributed by atoms with E-state index in [9.17, 15) is 4.79 Å². The number of likely N-dealkylation sites (N-methyl/N-ethyl adjacent to an activating group) is 1. The Balaban J connectivity index is 1.92. The maximum atomic E-state index is 12.1. The number of nitrogens with one attached hydrogen (secondary N) is 2. The molecule has 0 atom stereocenters. The third-order valence-electron chi connectivity index (χ3n) is 2.86. The summed E-state index contributed by atoms with van der Waals surface area (Å²) in [6, 6.07) is 10.7. The Morgan fingerprint density at radius 3 is 2.55 bits per heavy atom. The molecule has 1 heterocycles. The van der Waals surface area contributed by atoms with E-state index in [0.717, 1.165) is 17.6 Å². The van der Waals surface area contributed by atoms with Gasteiger partial charge < -0.3 is 15.5 Å². The number of anilines is 2. The largest absolute Gasteiger partial charge is 0.367 e. The van der Waals surface area contributed by atoms with Gasteiger partial charge in [0, 0.05) is 23.1 Å². The van der Waals surface area contributed by atoms with Crippen molar-refractivity contribution in [1.29, 1.82) is 0 Å². The van der Waals surface area contributed by atoms with Gasteiger partial charge in [0.25, 0.3) is 5.91 Å². The molecule has 0 radical (unpaired) electrons. The Hall–Kier alpha value is -1.99. The van der Waals surface area contributed by atoms with Gasteiger partial charge in [-0.3, -0.25) is 4.79 Å². The quantitative estimate of drug-likeness (QED) is 0.824. The van der Waals surface area contributed by atoms with Crippen molar-refractivity contribution in [2.24, 2.45) is 0 Å². The molecule has 22 heavy (non-hydrogen) atoms. The van der Waals surface area contributed by atoms with Crippen LogP contribution in [0.3, 0.4) is 0 Å². The molecule has 0 saturated heterocycles. The highest BCUT2D eigenvalue weighted by molar-refractivity contribution is 9.10. The summed E-state index contributed by atoms with van der Waals surface area (Å²) in [7, 11) is 4.02. The zero-order valence-electron chi connectivity index (χ0n) is 12.5. The van der Waals surface area contributed by atoms with Crippen molar-refractivity contribution >= 4 is 33.5 Å². The molecule has 0 aliphatic rings. The monoisotopic (exact) mass is 363 g/mol. The lowest BCUT2D eigenvalue weighted by Crippen LogP contribution is -2.21. The van der Waals surface area contributed by atoms with E-state index in [-0.39, 0.29) is 5.91 Å². The van der Waals surface area contributed by atoms with Crippen molar-refractivity contribution in [3.63, 3.8) is 0 Å². The number of benzene rings is 1. The molecule has 1 aromatic carbocycles. The Morgan fingerprint density at radius 1 is 1.18 bits per heavy atom. The predicted octanol–water partition coefficient (Wildman–Crippen LogP) is 2.46. The topological polar surface area (TPSA) is 70.2 Å². The first-order valence-electron chi connectivity index (χ1n) is 6.84. The number of carbonyl (C=O) groups is 1. The summed E-state index contributed by atoms with van der Waals surface area (Å²) in [5.74, 6) is 0.884. The number of aromatic nitrogens is 2. The smallest absolute Gasteiger partial charge is 0.256 e. The van der Waals surface area contributed by atoms with E-state index in [0.29, 0.717) is 17.2 Å². The van der Waals surface area contributed by atoms with Gasteiger partial charge >= 0.3 is 0 Å². The SMILES string of the molecule is CN(C)CCNc1ccc(NC(=O)c2cccc(Br)c2)nn1. The molecule has 0 aliphatic heterocycles. The minimum Gasteiger partial charge on any atom is -0.367 e. The number of amides is 1. The molecule has 2 aromatic rings. The van der Waals surface area contributed by atoms with Crippen LogP contribution in [-0.2, 0) is 0 Å². The van der Waals surface area contributed by atoms with E-state index >= 15 is 0 Å². The van der Waals surface area contributed by atoms with Gasteiger partial charge in [0.15, 0.2) is 5.82 Å². The van der Waals surface area contributed by atoms with Crippen LogP contribution in [0.15, 0.2) is 40.9 Å². The van der Waals surface area contributed by atoms with E-state index in [2.05, 4.69) is 41.7 Å². The van der Waals surface area contributed by atoms with E-state index in [1.807, 2.05) is 26.2 Å². The van der Waals surface area contributed by atoms with Gasteiger partial charge in [0.1, 0.15) is 5.82 Å². The van der Waals surface area contributed by atoms with E-state index < -0.39 is 0 Å². The molecule has 7 heteroatoms. The molecule has 6 nitrogen and oxygen atoms in total. The summed E-state index contributed by atoms with van der Waals surface area (Å²) in [5, 5.41) is 13.9. The second kappa shape index (κ2) is 7.86. The van der Waals surface area contributed by atoms with Crippen LogP contribution in [-0.4, -0.2) is 48.2 Å². The molecule has 0 bridgehead atoms. The lowest BCUT2D eigenvalue weighted by atomic mass is 10.2. The molecule has 2 N–H and O–H groups in total. The molecule has 0 fully saturated rings. The maximum absolute atomic E-state index is 12.1. The molecular formula is C15H18BrN5O. The van der Waals surface area contributed by atoms with Gasteiger partial charge in [-0.2, -0.15) is 0 Å². The fourth-order valence-electron chi connectivity index (χ4n) is 1.72. The van der Waals surface area contributed by atoms with Crippen LogP contribution in [0.25, 0.3) is 0 Å². The third-order valence-corrected chi connectivity index (χ3v) is 3.35. The summed E-state index contributed by atoms with van der Waals surface area (Å²) >= 11 is 3.34. The van der Waals surface area contributed by atoms with Crippen LogP contribution in [0.5, 0.6) is 0 Å². The van der Waals surface area contributed by atoms with E-state index in [1.54, 1.807) is 24.3 Å². The standard InChI is InChI=1S/C15H18BrN5O/c1-21(2)9-8-17-13-6-7-14(20-19-13)18-15(22)11-4-3-5-12(16)10-11/h3-7,10H,8-9H2,1-2H3,(H,17,19)(H,18,20,22). The van der Waals surface area contributed by atoms with Gasteiger partial charge in [-0.05, 0) is 44.4 Å². The van der Waals surface area contributed by atoms with Crippen molar-refractivity contribution in [2.75, 3.05) is 37.8 Å². The van der Waals surface area contributed by atoms with Crippen molar-refractivity contribution in [2.45, 2.75) is 0 Å². The second-order valence-electron chi connectivity index (χ2n) is 5.00. The van der Waals surface area contributed by atoms with Crippen LogP contribution in [0.4, 0.5) is 11.6 Å². The number of hydrogen-bond acceptors (Lipinski definition) is 5. The average molecular weight is 364 g/mol. The van der Waals surface area contributed by atoms with E-state index in [4.69, 9.17) is 0 Å². The first kappa shape index (κ1) is 16.4. The summed E-state index contributed by atoms with van der Waals surface area (Å²) in [6.07, 6.45) is 0. The number of rotatable bonds is 6. The fraction of sp³-hybridized carbons (Fsp3) is 0.267. The van der Waals surface area contributed by atoms with E-state index in [1.165, 1.54) is 0 Å². The highest BCUT2D eigenvalue weighted by Crippen LogP contribution is 2.13. The van der Waals surface area contributed by atoms with Crippen molar-refractivity contribution in [3.8, 4) is 0 Å². The minimum atomic E-state index is -0.219. The summed E-state index contributed by atoms with van der Waals surface area (Å²) in [5.41, 5.74) is 0.560. The zero-order valence-corrected chi connectivity index (χ0v) is 14.1. The van der Waals surface area contributed by atoms with Crippen molar-refractivity contribution < 1.29 is 4.79 Å². The first-order chi connectivity index (χ1) is 10.5. The lowest BCUT2D eigenvalue weighted by molar-refractivity contribution is 0.102. The van der Waals surface area contributed by atoms with Crippen LogP contribution in [0, 0.1) is 0 Å². The molecule has 0 aliphatic carbocycles. The highest BCUT2D eigenvalue weighted by atomic mass is 79.9. The molecular weight excluding hydrogens is 346 g/mol. The molecule has 116 valence electrons. The van der Waals surface area contributed by atoms with Gasteiger partial charge in [-0.25, -0.2) is 0 Å². The minimum absolute atomic E-state index is 0.219. The number of carbonyl (C=O) groups excluding carboxylic acids is 1. The third kappa shape index (κ3) is 5.09. The molecule has 0 spiro atoms. The van der Waals surface area contributed by atoms with Crippen LogP contribution < -0.4 is 10.6 Å². The lowest BCUT2D eigenvalue weighted by Gasteiger charge is -2.10. The summed E-state index contributed by atoms with van der Waals surface area (Å²) < 4.78 is 0.853. The predicted molar refractivity (Wildman–Crippen MR) is 91.2 cm³/mol. The number of hydrogen-bond donors (Lipinski definition) is 2. The highest BCUT2D eigenvalue weighted by Gasteiger charge is 2.07.